The maximum absolute atomic E-state index is 11.8. The number of halogens is 1. The molecule has 17 heavy (non-hydrogen) atoms. The number of benzene rings is 1. The monoisotopic (exact) mass is 256 g/mol. The minimum Gasteiger partial charge on any atom is -0.423 e. The van der Waals surface area contributed by atoms with Gasteiger partial charge in [0, 0.05) is 0 Å². The van der Waals surface area contributed by atoms with Gasteiger partial charge in [-0.1, -0.05) is 23.7 Å². The Morgan fingerprint density at radius 2 is 2.18 bits per heavy atom. The van der Waals surface area contributed by atoms with Crippen molar-refractivity contribution in [1.82, 2.24) is 0 Å². The van der Waals surface area contributed by atoms with Gasteiger partial charge in [0.1, 0.15) is 5.75 Å². The van der Waals surface area contributed by atoms with Crippen molar-refractivity contribution in [2.75, 3.05) is 6.61 Å². The maximum atomic E-state index is 11.8. The maximum Gasteiger partial charge on any atom is 0.343 e. The summed E-state index contributed by atoms with van der Waals surface area (Å²) in [5, 5.41) is 0.388. The largest absolute Gasteiger partial charge is 0.423 e. The molecule has 1 heterocycles. The highest BCUT2D eigenvalue weighted by molar-refractivity contribution is 6.32. The molecule has 0 bridgehead atoms. The fourth-order valence-corrected chi connectivity index (χ4v) is 1.68. The van der Waals surface area contributed by atoms with Gasteiger partial charge in [-0.3, -0.25) is 0 Å². The lowest BCUT2D eigenvalue weighted by Gasteiger charge is -2.16. The molecule has 1 aromatic rings. The van der Waals surface area contributed by atoms with E-state index in [0.29, 0.717) is 10.8 Å². The molecule has 1 aromatic carbocycles. The third-order valence-electron chi connectivity index (χ3n) is 2.32. The van der Waals surface area contributed by atoms with Crippen LogP contribution in [-0.2, 0) is 14.3 Å². The summed E-state index contributed by atoms with van der Waals surface area (Å²) >= 11 is 5.88. The predicted molar refractivity (Wildman–Crippen MR) is 62.0 cm³/mol. The zero-order valence-corrected chi connectivity index (χ0v) is 10.4. The fourth-order valence-electron chi connectivity index (χ4n) is 1.50. The number of ether oxygens (including phenoxy) is 3. The normalized spacial score (nSPS) is 22.4. The van der Waals surface area contributed by atoms with Crippen LogP contribution in [0.1, 0.15) is 13.8 Å². The van der Waals surface area contributed by atoms with E-state index in [9.17, 15) is 4.79 Å². The summed E-state index contributed by atoms with van der Waals surface area (Å²) in [7, 11) is 0. The first-order chi connectivity index (χ1) is 7.98. The Morgan fingerprint density at radius 3 is 2.76 bits per heavy atom. The van der Waals surface area contributed by atoms with E-state index in [1.54, 1.807) is 38.1 Å². The van der Waals surface area contributed by atoms with Crippen LogP contribution < -0.4 is 4.74 Å². The van der Waals surface area contributed by atoms with Crippen LogP contribution in [0.3, 0.4) is 0 Å². The molecule has 0 N–H and O–H groups in total. The molecule has 0 spiro atoms. The Morgan fingerprint density at radius 1 is 1.47 bits per heavy atom. The van der Waals surface area contributed by atoms with Crippen molar-refractivity contribution < 1.29 is 19.0 Å². The fraction of sp³-hybridized carbons (Fsp3) is 0.417. The second-order valence-electron chi connectivity index (χ2n) is 4.17. The highest BCUT2D eigenvalue weighted by Crippen LogP contribution is 2.26. The molecule has 1 atom stereocenters. The Labute approximate surface area is 104 Å². The quantitative estimate of drug-likeness (QED) is 0.602. The average Bonchev–Trinajstić information content (AvgIpc) is 2.62. The summed E-state index contributed by atoms with van der Waals surface area (Å²) < 4.78 is 15.8. The van der Waals surface area contributed by atoms with Crippen LogP contribution in [0.15, 0.2) is 24.3 Å². The summed E-state index contributed by atoms with van der Waals surface area (Å²) in [4.78, 5) is 11.8. The number of carbonyl (C=O) groups excluding carboxylic acids is 1. The number of rotatable bonds is 2. The van der Waals surface area contributed by atoms with E-state index in [4.69, 9.17) is 25.8 Å². The van der Waals surface area contributed by atoms with Crippen LogP contribution >= 0.6 is 11.6 Å². The van der Waals surface area contributed by atoms with Gasteiger partial charge in [-0.2, -0.15) is 0 Å². The van der Waals surface area contributed by atoms with Gasteiger partial charge in [0.25, 0.3) is 0 Å². The van der Waals surface area contributed by atoms with Gasteiger partial charge in [-0.05, 0) is 26.0 Å². The van der Waals surface area contributed by atoms with Crippen LogP contribution in [0.4, 0.5) is 0 Å². The molecule has 5 heteroatoms. The van der Waals surface area contributed by atoms with Crippen molar-refractivity contribution in [2.24, 2.45) is 0 Å². The second-order valence-corrected chi connectivity index (χ2v) is 4.58. The van der Waals surface area contributed by atoms with E-state index in [-0.39, 0.29) is 6.61 Å². The number of carbonyl (C=O) groups is 1. The summed E-state index contributed by atoms with van der Waals surface area (Å²) in [6.07, 6.45) is -0.707. The summed E-state index contributed by atoms with van der Waals surface area (Å²) in [5.41, 5.74) is 0. The van der Waals surface area contributed by atoms with Crippen molar-refractivity contribution in [3.05, 3.63) is 29.3 Å². The van der Waals surface area contributed by atoms with Gasteiger partial charge in [0.2, 0.25) is 0 Å². The van der Waals surface area contributed by atoms with Crippen molar-refractivity contribution in [2.45, 2.75) is 25.7 Å². The summed E-state index contributed by atoms with van der Waals surface area (Å²) in [5.74, 6) is -0.916. The second kappa shape index (κ2) is 4.64. The predicted octanol–water partition coefficient (Wildman–Crippen LogP) is 2.40. The molecule has 2 rings (SSSR count). The number of esters is 1. The number of para-hydroxylation sites is 1. The third kappa shape index (κ3) is 2.97. The molecular weight excluding hydrogens is 244 g/mol. The van der Waals surface area contributed by atoms with Gasteiger partial charge in [0.15, 0.2) is 11.9 Å². The van der Waals surface area contributed by atoms with Gasteiger partial charge in [0.05, 0.1) is 11.6 Å². The van der Waals surface area contributed by atoms with Gasteiger partial charge >= 0.3 is 5.97 Å². The minimum atomic E-state index is -0.746. The van der Waals surface area contributed by atoms with Crippen molar-refractivity contribution in [1.29, 1.82) is 0 Å². The number of hydrogen-bond acceptors (Lipinski definition) is 4. The molecule has 0 radical (unpaired) electrons. The lowest BCUT2D eigenvalue weighted by molar-refractivity contribution is -0.162. The van der Waals surface area contributed by atoms with E-state index in [1.165, 1.54) is 0 Å². The van der Waals surface area contributed by atoms with Crippen molar-refractivity contribution in [3.63, 3.8) is 0 Å². The van der Waals surface area contributed by atoms with Gasteiger partial charge < -0.3 is 14.2 Å². The summed E-state index contributed by atoms with van der Waals surface area (Å²) in [6.45, 7) is 3.68. The van der Waals surface area contributed by atoms with Crippen LogP contribution in [-0.4, -0.2) is 24.5 Å². The zero-order valence-electron chi connectivity index (χ0n) is 9.60. The Balaban J connectivity index is 2.01. The smallest absolute Gasteiger partial charge is 0.343 e. The molecule has 1 unspecified atom stereocenters. The molecule has 0 saturated carbocycles. The van der Waals surface area contributed by atoms with E-state index < -0.39 is 17.9 Å². The van der Waals surface area contributed by atoms with E-state index >= 15 is 0 Å². The van der Waals surface area contributed by atoms with Crippen molar-refractivity contribution >= 4 is 17.6 Å². The molecule has 4 nitrogen and oxygen atoms in total. The lowest BCUT2D eigenvalue weighted by atomic mass is 10.3. The van der Waals surface area contributed by atoms with Crippen LogP contribution in [0.25, 0.3) is 0 Å². The SMILES string of the molecule is CC1(C)OCC(C(=O)Oc2ccccc2Cl)O1. The first kappa shape index (κ1) is 12.4. The Bertz CT molecular complexity index is 430. The standard InChI is InChI=1S/C12H13ClO4/c1-12(2)15-7-10(17-12)11(14)16-9-6-4-3-5-8(9)13/h3-6,10H,7H2,1-2H3. The number of hydrogen-bond donors (Lipinski definition) is 0. The van der Waals surface area contributed by atoms with Crippen molar-refractivity contribution in [3.8, 4) is 5.75 Å². The first-order valence-corrected chi connectivity index (χ1v) is 5.64. The van der Waals surface area contributed by atoms with Gasteiger partial charge in [-0.25, -0.2) is 4.79 Å². The Kier molecular flexibility index (Phi) is 3.38. The summed E-state index contributed by atoms with van der Waals surface area (Å²) in [6, 6.07) is 6.78. The topological polar surface area (TPSA) is 44.8 Å². The van der Waals surface area contributed by atoms with E-state index in [1.807, 2.05) is 0 Å². The molecule has 92 valence electrons. The van der Waals surface area contributed by atoms with E-state index in [0.717, 1.165) is 0 Å². The van der Waals surface area contributed by atoms with Crippen LogP contribution in [0.5, 0.6) is 5.75 Å². The molecular formula is C12H13ClO4. The molecule has 0 aliphatic carbocycles. The van der Waals surface area contributed by atoms with Crippen LogP contribution in [0.2, 0.25) is 5.02 Å². The average molecular weight is 257 g/mol. The molecule has 1 fully saturated rings. The first-order valence-electron chi connectivity index (χ1n) is 5.26. The lowest BCUT2D eigenvalue weighted by Crippen LogP contribution is -2.30. The molecule has 1 aliphatic heterocycles. The van der Waals surface area contributed by atoms with E-state index in [2.05, 4.69) is 0 Å². The molecule has 1 aliphatic rings. The highest BCUT2D eigenvalue weighted by atomic mass is 35.5. The molecule has 0 aromatic heterocycles. The molecule has 1 saturated heterocycles. The Hall–Kier alpha value is -1.10. The zero-order chi connectivity index (χ0) is 12.5. The molecule has 0 amide bonds. The highest BCUT2D eigenvalue weighted by Gasteiger charge is 2.38. The van der Waals surface area contributed by atoms with Crippen LogP contribution in [0, 0.1) is 0 Å². The third-order valence-corrected chi connectivity index (χ3v) is 2.63. The minimum absolute atomic E-state index is 0.191. The van der Waals surface area contributed by atoms with Gasteiger partial charge in [-0.15, -0.1) is 0 Å².